The van der Waals surface area contributed by atoms with E-state index < -0.39 is 0 Å². The van der Waals surface area contributed by atoms with Crippen molar-refractivity contribution in [2.24, 2.45) is 5.92 Å². The Labute approximate surface area is 144 Å². The van der Waals surface area contributed by atoms with Crippen molar-refractivity contribution in [3.05, 3.63) is 60.0 Å². The minimum atomic E-state index is 0.604. The summed E-state index contributed by atoms with van der Waals surface area (Å²) in [5.74, 6) is 1.29. The van der Waals surface area contributed by atoms with Crippen molar-refractivity contribution in [3.8, 4) is 16.5 Å². The van der Waals surface area contributed by atoms with E-state index in [1.54, 1.807) is 23.7 Å². The summed E-state index contributed by atoms with van der Waals surface area (Å²) in [5.41, 5.74) is 2.20. The lowest BCUT2D eigenvalue weighted by molar-refractivity contribution is 0.644. The van der Waals surface area contributed by atoms with Crippen LogP contribution in [0.15, 0.2) is 55.0 Å². The molecule has 0 unspecified atom stereocenters. The zero-order valence-corrected chi connectivity index (χ0v) is 14.5. The van der Waals surface area contributed by atoms with Crippen LogP contribution in [0.2, 0.25) is 0 Å². The van der Waals surface area contributed by atoms with Crippen LogP contribution in [0.4, 0.5) is 0 Å². The minimum Gasteiger partial charge on any atom is -0.277 e. The molecule has 120 valence electrons. The number of para-hydroxylation sites is 1. The van der Waals surface area contributed by atoms with Crippen molar-refractivity contribution < 1.29 is 0 Å². The molecule has 1 aromatic carbocycles. The van der Waals surface area contributed by atoms with Gasteiger partial charge in [0.15, 0.2) is 0 Å². The van der Waals surface area contributed by atoms with Gasteiger partial charge in [0.25, 0.3) is 0 Å². The van der Waals surface area contributed by atoms with E-state index in [1.807, 2.05) is 18.3 Å². The van der Waals surface area contributed by atoms with Crippen molar-refractivity contribution in [1.29, 1.82) is 0 Å². The highest BCUT2D eigenvalue weighted by atomic mass is 32.1. The largest absolute Gasteiger partial charge is 0.277 e. The molecule has 0 bridgehead atoms. The van der Waals surface area contributed by atoms with Gasteiger partial charge in [-0.1, -0.05) is 32.0 Å². The number of benzene rings is 1. The molecule has 4 nitrogen and oxygen atoms in total. The van der Waals surface area contributed by atoms with E-state index in [9.17, 15) is 0 Å². The van der Waals surface area contributed by atoms with Crippen molar-refractivity contribution in [3.63, 3.8) is 0 Å². The Morgan fingerprint density at radius 1 is 1.04 bits per heavy atom. The maximum absolute atomic E-state index is 4.60. The van der Waals surface area contributed by atoms with Crippen molar-refractivity contribution in [1.82, 2.24) is 19.5 Å². The molecule has 24 heavy (non-hydrogen) atoms. The van der Waals surface area contributed by atoms with Crippen LogP contribution in [-0.4, -0.2) is 19.5 Å². The third-order valence-electron chi connectivity index (χ3n) is 3.85. The molecule has 0 radical (unpaired) electrons. The lowest BCUT2D eigenvalue weighted by Gasteiger charge is -2.07. The van der Waals surface area contributed by atoms with E-state index in [0.717, 1.165) is 22.5 Å². The van der Waals surface area contributed by atoms with E-state index >= 15 is 0 Å². The molecule has 3 aromatic heterocycles. The Hall–Kier alpha value is -2.53. The topological polar surface area (TPSA) is 43.6 Å². The smallest absolute Gasteiger partial charge is 0.234 e. The molecule has 4 rings (SSSR count). The van der Waals surface area contributed by atoms with Gasteiger partial charge in [0.1, 0.15) is 0 Å². The molecule has 5 heteroatoms. The molecule has 0 aliphatic heterocycles. The van der Waals surface area contributed by atoms with Crippen molar-refractivity contribution in [2.75, 3.05) is 0 Å². The molecule has 0 atom stereocenters. The molecule has 0 fully saturated rings. The van der Waals surface area contributed by atoms with E-state index in [0.29, 0.717) is 11.9 Å². The Morgan fingerprint density at radius 2 is 1.83 bits per heavy atom. The maximum atomic E-state index is 4.60. The number of nitrogens with zero attached hydrogens (tertiary/aromatic N) is 4. The summed E-state index contributed by atoms with van der Waals surface area (Å²) in [7, 11) is 0. The quantitative estimate of drug-likeness (QED) is 0.541. The second kappa shape index (κ2) is 6.17. The molecular formula is C19H18N4S. The highest BCUT2D eigenvalue weighted by molar-refractivity contribution is 7.15. The number of fused-ring (bicyclic) bond motifs is 1. The zero-order valence-electron chi connectivity index (χ0n) is 13.7. The highest BCUT2D eigenvalue weighted by Crippen LogP contribution is 2.33. The van der Waals surface area contributed by atoms with Crippen LogP contribution in [0.25, 0.3) is 27.4 Å². The normalized spacial score (nSPS) is 11.5. The second-order valence-electron chi connectivity index (χ2n) is 6.19. The summed E-state index contributed by atoms with van der Waals surface area (Å²) in [6.45, 7) is 4.44. The van der Waals surface area contributed by atoms with Crippen LogP contribution in [-0.2, 0) is 6.42 Å². The zero-order chi connectivity index (χ0) is 16.5. The van der Waals surface area contributed by atoms with Crippen LogP contribution in [0.3, 0.4) is 0 Å². The van der Waals surface area contributed by atoms with Crippen LogP contribution in [0.1, 0.15) is 18.9 Å². The maximum Gasteiger partial charge on any atom is 0.234 e. The third kappa shape index (κ3) is 2.71. The van der Waals surface area contributed by atoms with Gasteiger partial charge in [0.05, 0.1) is 21.1 Å². The molecular weight excluding hydrogens is 316 g/mol. The van der Waals surface area contributed by atoms with Crippen LogP contribution in [0, 0.1) is 5.92 Å². The van der Waals surface area contributed by atoms with E-state index in [4.69, 9.17) is 0 Å². The fraction of sp³-hybridized carbons (Fsp3) is 0.211. The van der Waals surface area contributed by atoms with Gasteiger partial charge in [0.2, 0.25) is 5.95 Å². The molecule has 3 heterocycles. The first-order chi connectivity index (χ1) is 11.7. The van der Waals surface area contributed by atoms with Crippen LogP contribution in [0.5, 0.6) is 0 Å². The number of rotatable bonds is 4. The third-order valence-corrected chi connectivity index (χ3v) is 4.89. The highest BCUT2D eigenvalue weighted by Gasteiger charge is 2.16. The van der Waals surface area contributed by atoms with Gasteiger partial charge in [-0.25, -0.2) is 15.0 Å². The van der Waals surface area contributed by atoms with Crippen molar-refractivity contribution in [2.45, 2.75) is 20.3 Å². The number of hydrogen-bond acceptors (Lipinski definition) is 4. The first-order valence-electron chi connectivity index (χ1n) is 8.05. The van der Waals surface area contributed by atoms with Crippen molar-refractivity contribution >= 4 is 22.2 Å². The van der Waals surface area contributed by atoms with Gasteiger partial charge < -0.3 is 0 Å². The van der Waals surface area contributed by atoms with Gasteiger partial charge in [-0.3, -0.25) is 4.57 Å². The summed E-state index contributed by atoms with van der Waals surface area (Å²) in [6, 6.07) is 12.3. The van der Waals surface area contributed by atoms with Gasteiger partial charge in [-0.2, -0.15) is 0 Å². The molecule has 0 amide bonds. The lowest BCUT2D eigenvalue weighted by atomic mass is 10.1. The van der Waals surface area contributed by atoms with Gasteiger partial charge in [-0.15, -0.1) is 11.3 Å². The van der Waals surface area contributed by atoms with Gasteiger partial charge in [-0.05, 0) is 24.1 Å². The summed E-state index contributed by atoms with van der Waals surface area (Å²) < 4.78 is 2.11. The standard InChI is InChI=1S/C19H18N4S/c1-13(2)10-18-22-12-17(24-18)16-11-14-6-3-4-7-15(14)23(16)19-20-8-5-9-21-19/h3-9,11-13H,10H2,1-2H3. The fourth-order valence-electron chi connectivity index (χ4n) is 2.83. The molecule has 0 saturated carbocycles. The molecule has 0 N–H and O–H groups in total. The molecule has 0 spiro atoms. The fourth-order valence-corrected chi connectivity index (χ4v) is 3.97. The number of thiazole rings is 1. The molecule has 4 aromatic rings. The molecule has 0 aliphatic carbocycles. The first-order valence-corrected chi connectivity index (χ1v) is 8.87. The Bertz CT molecular complexity index is 969. The average molecular weight is 334 g/mol. The number of hydrogen-bond donors (Lipinski definition) is 0. The SMILES string of the molecule is CC(C)Cc1ncc(-c2cc3ccccc3n2-c2ncccn2)s1. The summed E-state index contributed by atoms with van der Waals surface area (Å²) in [4.78, 5) is 14.6. The first kappa shape index (κ1) is 15.0. The monoisotopic (exact) mass is 334 g/mol. The Morgan fingerprint density at radius 3 is 2.62 bits per heavy atom. The van der Waals surface area contributed by atoms with E-state index in [1.165, 1.54) is 10.4 Å². The van der Waals surface area contributed by atoms with Gasteiger partial charge >= 0.3 is 0 Å². The Kier molecular flexibility index (Phi) is 3.86. The lowest BCUT2D eigenvalue weighted by Crippen LogP contribution is -2.01. The Balaban J connectivity index is 1.90. The minimum absolute atomic E-state index is 0.604. The second-order valence-corrected chi connectivity index (χ2v) is 7.30. The number of aromatic nitrogens is 4. The summed E-state index contributed by atoms with van der Waals surface area (Å²) in [6.07, 6.45) is 6.53. The molecule has 0 saturated heterocycles. The predicted octanol–water partition coefficient (Wildman–Crippen LogP) is 4.74. The molecule has 0 aliphatic rings. The van der Waals surface area contributed by atoms with Crippen LogP contribution >= 0.6 is 11.3 Å². The van der Waals surface area contributed by atoms with E-state index in [2.05, 4.69) is 57.6 Å². The summed E-state index contributed by atoms with van der Waals surface area (Å²) >= 11 is 1.75. The van der Waals surface area contributed by atoms with E-state index in [-0.39, 0.29) is 0 Å². The van der Waals surface area contributed by atoms with Crippen LogP contribution < -0.4 is 0 Å². The van der Waals surface area contributed by atoms with Gasteiger partial charge in [0, 0.05) is 30.4 Å². The summed E-state index contributed by atoms with van der Waals surface area (Å²) in [5, 5.41) is 2.35. The predicted molar refractivity (Wildman–Crippen MR) is 98.5 cm³/mol. The average Bonchev–Trinajstić information content (AvgIpc) is 3.19.